The predicted molar refractivity (Wildman–Crippen MR) is 61.7 cm³/mol. The Bertz CT molecular complexity index is 198. The van der Waals surface area contributed by atoms with Crippen molar-refractivity contribution in [1.82, 2.24) is 4.90 Å². The van der Waals surface area contributed by atoms with Crippen LogP contribution in [-0.2, 0) is 0 Å². The standard InChI is InChI=1S/C12H24N2/c1-9(2)12(13)14(4)11-7-5-6-10(3)8-11/h9-11,13H,5-8H2,1-4H3. The fraction of sp³-hybridized carbons (Fsp3) is 0.917. The largest absolute Gasteiger partial charge is 0.360 e. The Hall–Kier alpha value is -0.530. The molecule has 2 unspecified atom stereocenters. The van der Waals surface area contributed by atoms with Gasteiger partial charge in [-0.25, -0.2) is 0 Å². The van der Waals surface area contributed by atoms with Crippen molar-refractivity contribution in [3.63, 3.8) is 0 Å². The highest BCUT2D eigenvalue weighted by Crippen LogP contribution is 2.27. The van der Waals surface area contributed by atoms with Crippen molar-refractivity contribution in [2.45, 2.75) is 52.5 Å². The Morgan fingerprint density at radius 1 is 1.36 bits per heavy atom. The Balaban J connectivity index is 2.51. The molecule has 0 bridgehead atoms. The molecule has 14 heavy (non-hydrogen) atoms. The van der Waals surface area contributed by atoms with Crippen molar-refractivity contribution < 1.29 is 0 Å². The molecule has 0 spiro atoms. The minimum atomic E-state index is 0.359. The van der Waals surface area contributed by atoms with Gasteiger partial charge in [-0.15, -0.1) is 0 Å². The zero-order valence-electron chi connectivity index (χ0n) is 10.0. The number of nitrogens with one attached hydrogen (secondary N) is 1. The van der Waals surface area contributed by atoms with Crippen molar-refractivity contribution in [2.24, 2.45) is 11.8 Å². The van der Waals surface area contributed by atoms with Gasteiger partial charge in [-0.05, 0) is 18.8 Å². The summed E-state index contributed by atoms with van der Waals surface area (Å²) in [6, 6.07) is 0.619. The van der Waals surface area contributed by atoms with E-state index in [1.807, 2.05) is 0 Å². The fourth-order valence-electron chi connectivity index (χ4n) is 2.36. The molecule has 0 radical (unpaired) electrons. The molecule has 1 N–H and O–H groups in total. The van der Waals surface area contributed by atoms with Gasteiger partial charge >= 0.3 is 0 Å². The molecule has 1 fully saturated rings. The molecule has 2 atom stereocenters. The third kappa shape index (κ3) is 2.73. The van der Waals surface area contributed by atoms with Crippen LogP contribution in [0.25, 0.3) is 0 Å². The highest BCUT2D eigenvalue weighted by atomic mass is 15.2. The molecule has 1 rings (SSSR count). The summed E-state index contributed by atoms with van der Waals surface area (Å²) in [5.41, 5.74) is 0. The van der Waals surface area contributed by atoms with Gasteiger partial charge in [-0.2, -0.15) is 0 Å². The SMILES string of the molecule is CC1CCCC(N(C)C(=N)C(C)C)C1. The third-order valence-electron chi connectivity index (χ3n) is 3.38. The smallest absolute Gasteiger partial charge is 0.0983 e. The van der Waals surface area contributed by atoms with Gasteiger partial charge in [-0.1, -0.05) is 33.6 Å². The molecule has 0 aromatic carbocycles. The molecular weight excluding hydrogens is 172 g/mol. The van der Waals surface area contributed by atoms with Crippen molar-refractivity contribution in [2.75, 3.05) is 7.05 Å². The predicted octanol–water partition coefficient (Wildman–Crippen LogP) is 3.13. The molecular formula is C12H24N2. The van der Waals surface area contributed by atoms with E-state index in [1.54, 1.807) is 0 Å². The first kappa shape index (κ1) is 11.5. The van der Waals surface area contributed by atoms with Gasteiger partial charge in [0.05, 0.1) is 5.84 Å². The molecule has 0 aromatic heterocycles. The normalized spacial score (nSPS) is 27.8. The third-order valence-corrected chi connectivity index (χ3v) is 3.38. The Kier molecular flexibility index (Phi) is 3.97. The molecule has 0 saturated heterocycles. The van der Waals surface area contributed by atoms with Crippen molar-refractivity contribution in [3.05, 3.63) is 0 Å². The van der Waals surface area contributed by atoms with Crippen molar-refractivity contribution >= 4 is 5.84 Å². The van der Waals surface area contributed by atoms with E-state index in [1.165, 1.54) is 25.7 Å². The van der Waals surface area contributed by atoms with Crippen LogP contribution in [0.1, 0.15) is 46.5 Å². The molecule has 1 aliphatic carbocycles. The molecule has 82 valence electrons. The summed E-state index contributed by atoms with van der Waals surface area (Å²) in [4.78, 5) is 2.19. The van der Waals surface area contributed by atoms with Crippen molar-refractivity contribution in [3.8, 4) is 0 Å². The second-order valence-corrected chi connectivity index (χ2v) is 5.08. The van der Waals surface area contributed by atoms with Gasteiger partial charge in [0.2, 0.25) is 0 Å². The van der Waals surface area contributed by atoms with E-state index >= 15 is 0 Å². The van der Waals surface area contributed by atoms with E-state index < -0.39 is 0 Å². The molecule has 2 nitrogen and oxygen atoms in total. The van der Waals surface area contributed by atoms with Crippen LogP contribution >= 0.6 is 0 Å². The monoisotopic (exact) mass is 196 g/mol. The van der Waals surface area contributed by atoms with E-state index in [-0.39, 0.29) is 0 Å². The number of amidine groups is 1. The van der Waals surface area contributed by atoms with E-state index in [2.05, 4.69) is 32.7 Å². The summed E-state index contributed by atoms with van der Waals surface area (Å²) in [5.74, 6) is 2.00. The van der Waals surface area contributed by atoms with Gasteiger partial charge in [-0.3, -0.25) is 5.41 Å². The Morgan fingerprint density at radius 3 is 2.50 bits per heavy atom. The summed E-state index contributed by atoms with van der Waals surface area (Å²) < 4.78 is 0. The van der Waals surface area contributed by atoms with Gasteiger partial charge < -0.3 is 4.90 Å². The van der Waals surface area contributed by atoms with Gasteiger partial charge in [0, 0.05) is 19.0 Å². The number of hydrogen-bond donors (Lipinski definition) is 1. The maximum atomic E-state index is 7.98. The molecule has 0 aliphatic heterocycles. The Labute approximate surface area is 88.2 Å². The maximum absolute atomic E-state index is 7.98. The van der Waals surface area contributed by atoms with Gasteiger partial charge in [0.25, 0.3) is 0 Å². The van der Waals surface area contributed by atoms with E-state index in [0.717, 1.165) is 11.8 Å². The van der Waals surface area contributed by atoms with Crippen molar-refractivity contribution in [1.29, 1.82) is 5.41 Å². The van der Waals surface area contributed by atoms with Crippen LogP contribution in [0.5, 0.6) is 0 Å². The summed E-state index contributed by atoms with van der Waals surface area (Å²) in [5, 5.41) is 7.98. The van der Waals surface area contributed by atoms with Crippen LogP contribution in [-0.4, -0.2) is 23.8 Å². The van der Waals surface area contributed by atoms with E-state index in [4.69, 9.17) is 5.41 Å². The molecule has 1 aliphatic rings. The highest BCUT2D eigenvalue weighted by molar-refractivity contribution is 5.81. The highest BCUT2D eigenvalue weighted by Gasteiger charge is 2.24. The van der Waals surface area contributed by atoms with Crippen LogP contribution in [0.3, 0.4) is 0 Å². The minimum absolute atomic E-state index is 0.359. The quantitative estimate of drug-likeness (QED) is 0.533. The van der Waals surface area contributed by atoms with Crippen LogP contribution in [0.4, 0.5) is 0 Å². The first-order valence-corrected chi connectivity index (χ1v) is 5.83. The summed E-state index contributed by atoms with van der Waals surface area (Å²) in [6.07, 6.45) is 5.25. The first-order valence-electron chi connectivity index (χ1n) is 5.83. The number of rotatable bonds is 2. The van der Waals surface area contributed by atoms with Crippen LogP contribution in [0.15, 0.2) is 0 Å². The zero-order chi connectivity index (χ0) is 10.7. The van der Waals surface area contributed by atoms with E-state index in [0.29, 0.717) is 12.0 Å². The average molecular weight is 196 g/mol. The molecule has 0 heterocycles. The lowest BCUT2D eigenvalue weighted by Gasteiger charge is -2.36. The minimum Gasteiger partial charge on any atom is -0.360 e. The lowest BCUT2D eigenvalue weighted by Crippen LogP contribution is -2.41. The maximum Gasteiger partial charge on any atom is 0.0983 e. The number of nitrogens with zero attached hydrogens (tertiary/aromatic N) is 1. The molecule has 0 amide bonds. The van der Waals surface area contributed by atoms with Gasteiger partial charge in [0.15, 0.2) is 0 Å². The number of hydrogen-bond acceptors (Lipinski definition) is 1. The van der Waals surface area contributed by atoms with Crippen LogP contribution in [0.2, 0.25) is 0 Å². The second kappa shape index (κ2) is 4.81. The second-order valence-electron chi connectivity index (χ2n) is 5.08. The summed E-state index contributed by atoms with van der Waals surface area (Å²) in [7, 11) is 2.09. The Morgan fingerprint density at radius 2 is 2.00 bits per heavy atom. The van der Waals surface area contributed by atoms with Gasteiger partial charge in [0.1, 0.15) is 0 Å². The van der Waals surface area contributed by atoms with Crippen LogP contribution < -0.4 is 0 Å². The first-order chi connectivity index (χ1) is 6.52. The molecule has 0 aromatic rings. The summed E-state index contributed by atoms with van der Waals surface area (Å²) >= 11 is 0. The summed E-state index contributed by atoms with van der Waals surface area (Å²) in [6.45, 7) is 6.54. The lowest BCUT2D eigenvalue weighted by molar-refractivity contribution is 0.225. The topological polar surface area (TPSA) is 27.1 Å². The average Bonchev–Trinajstić information content (AvgIpc) is 2.15. The lowest BCUT2D eigenvalue weighted by atomic mass is 9.86. The van der Waals surface area contributed by atoms with Crippen LogP contribution in [0, 0.1) is 17.2 Å². The molecule has 2 heteroatoms. The van der Waals surface area contributed by atoms with E-state index in [9.17, 15) is 0 Å². The fourth-order valence-corrected chi connectivity index (χ4v) is 2.36. The molecule has 1 saturated carbocycles. The zero-order valence-corrected chi connectivity index (χ0v) is 10.0.